The maximum Gasteiger partial charge on any atom is 0.573 e. The molecule has 1 atom stereocenters. The molecule has 3 N–H and O–H groups in total. The van der Waals surface area contributed by atoms with Crippen LogP contribution in [0, 0.1) is 0 Å². The summed E-state index contributed by atoms with van der Waals surface area (Å²) in [5.74, 6) is -1.05. The van der Waals surface area contributed by atoms with Gasteiger partial charge in [-0.15, -0.1) is 13.2 Å². The number of halogens is 4. The van der Waals surface area contributed by atoms with Gasteiger partial charge in [-0.2, -0.15) is 0 Å². The average Bonchev–Trinajstić information content (AvgIpc) is 2.73. The van der Waals surface area contributed by atoms with Crippen LogP contribution in [0.3, 0.4) is 0 Å². The van der Waals surface area contributed by atoms with Gasteiger partial charge in [0.1, 0.15) is 11.8 Å². The highest BCUT2D eigenvalue weighted by molar-refractivity contribution is 6.33. The van der Waals surface area contributed by atoms with Crippen LogP contribution in [0.1, 0.15) is 19.3 Å². The van der Waals surface area contributed by atoms with E-state index in [9.17, 15) is 22.8 Å². The van der Waals surface area contributed by atoms with Crippen molar-refractivity contribution in [3.8, 4) is 16.9 Å². The summed E-state index contributed by atoms with van der Waals surface area (Å²) < 4.78 is 42.2. The standard InChI is InChI=1S/C21H21ClF3N3O3/c22-16-11-13(27-20(30)17-6-3-4-10-28(17)19(29)12-26)8-9-14(16)15-5-1-2-7-18(15)31-21(23,24)25/h1-2,5,7-9,11,17H,3-4,6,10,12,26H2,(H,27,30). The maximum atomic E-state index is 12.7. The Bertz CT molecular complexity index is 968. The highest BCUT2D eigenvalue weighted by Crippen LogP contribution is 2.38. The molecule has 10 heteroatoms. The van der Waals surface area contributed by atoms with Crippen LogP contribution in [0.4, 0.5) is 18.9 Å². The van der Waals surface area contributed by atoms with Gasteiger partial charge in [0.2, 0.25) is 11.8 Å². The Kier molecular flexibility index (Phi) is 7.07. The zero-order chi connectivity index (χ0) is 22.6. The number of amides is 2. The van der Waals surface area contributed by atoms with Crippen LogP contribution in [-0.4, -0.2) is 42.2 Å². The van der Waals surface area contributed by atoms with E-state index < -0.39 is 12.4 Å². The molecule has 1 aliphatic rings. The number of hydrogen-bond acceptors (Lipinski definition) is 4. The van der Waals surface area contributed by atoms with Gasteiger partial charge in [0.25, 0.3) is 0 Å². The van der Waals surface area contributed by atoms with Crippen LogP contribution < -0.4 is 15.8 Å². The fourth-order valence-electron chi connectivity index (χ4n) is 3.56. The number of hydrogen-bond donors (Lipinski definition) is 2. The third-order valence-corrected chi connectivity index (χ3v) is 5.25. The summed E-state index contributed by atoms with van der Waals surface area (Å²) in [5.41, 5.74) is 6.28. The first-order valence-electron chi connectivity index (χ1n) is 9.64. The number of piperidine rings is 1. The number of rotatable bonds is 5. The van der Waals surface area contributed by atoms with Crippen molar-refractivity contribution in [3.63, 3.8) is 0 Å². The van der Waals surface area contributed by atoms with E-state index in [1.165, 1.54) is 41.3 Å². The van der Waals surface area contributed by atoms with E-state index in [2.05, 4.69) is 10.1 Å². The number of carbonyl (C=O) groups excluding carboxylic acids is 2. The molecule has 2 amide bonds. The first-order chi connectivity index (χ1) is 14.7. The van der Waals surface area contributed by atoms with Crippen LogP contribution >= 0.6 is 11.6 Å². The van der Waals surface area contributed by atoms with Gasteiger partial charge >= 0.3 is 6.36 Å². The SMILES string of the molecule is NCC(=O)N1CCCCC1C(=O)Nc1ccc(-c2ccccc2OC(F)(F)F)c(Cl)c1. The number of nitrogens with two attached hydrogens (primary N) is 1. The van der Waals surface area contributed by atoms with Crippen molar-refractivity contribution >= 4 is 29.1 Å². The smallest absolute Gasteiger partial charge is 0.405 e. The molecule has 1 unspecified atom stereocenters. The third kappa shape index (κ3) is 5.68. The second kappa shape index (κ2) is 9.57. The predicted octanol–water partition coefficient (Wildman–Crippen LogP) is 4.18. The number of likely N-dealkylation sites (tertiary alicyclic amines) is 1. The van der Waals surface area contributed by atoms with Gasteiger partial charge in [0.05, 0.1) is 11.6 Å². The number of anilines is 1. The molecule has 2 aromatic carbocycles. The molecule has 0 spiro atoms. The molecule has 1 aliphatic heterocycles. The van der Waals surface area contributed by atoms with E-state index in [4.69, 9.17) is 17.3 Å². The molecule has 0 saturated carbocycles. The number of ether oxygens (including phenoxy) is 1. The number of benzene rings is 2. The molecule has 1 heterocycles. The summed E-state index contributed by atoms with van der Waals surface area (Å²) in [6.07, 6.45) is -2.72. The Morgan fingerprint density at radius 2 is 1.90 bits per heavy atom. The molecule has 3 rings (SSSR count). The Morgan fingerprint density at radius 3 is 2.58 bits per heavy atom. The van der Waals surface area contributed by atoms with Crippen LogP contribution in [0.25, 0.3) is 11.1 Å². The van der Waals surface area contributed by atoms with Gasteiger partial charge in [-0.3, -0.25) is 9.59 Å². The van der Waals surface area contributed by atoms with Gasteiger partial charge in [0.15, 0.2) is 0 Å². The molecule has 31 heavy (non-hydrogen) atoms. The molecular formula is C21H21ClF3N3O3. The highest BCUT2D eigenvalue weighted by Gasteiger charge is 2.33. The van der Waals surface area contributed by atoms with Gasteiger partial charge in [0, 0.05) is 23.4 Å². The molecule has 0 bridgehead atoms. The molecule has 1 saturated heterocycles. The summed E-state index contributed by atoms with van der Waals surface area (Å²) in [6, 6.07) is 9.48. The quantitative estimate of drug-likeness (QED) is 0.708. The van der Waals surface area contributed by atoms with E-state index in [1.54, 1.807) is 6.07 Å². The Hall–Kier alpha value is -2.78. The van der Waals surface area contributed by atoms with E-state index in [-0.39, 0.29) is 34.7 Å². The van der Waals surface area contributed by atoms with Crippen molar-refractivity contribution < 1.29 is 27.5 Å². The zero-order valence-electron chi connectivity index (χ0n) is 16.4. The van der Waals surface area contributed by atoms with Crippen molar-refractivity contribution in [1.82, 2.24) is 4.90 Å². The minimum Gasteiger partial charge on any atom is -0.405 e. The fraction of sp³-hybridized carbons (Fsp3) is 0.333. The van der Waals surface area contributed by atoms with Gasteiger partial charge in [-0.1, -0.05) is 35.9 Å². The molecule has 166 valence electrons. The van der Waals surface area contributed by atoms with E-state index in [0.29, 0.717) is 24.2 Å². The zero-order valence-corrected chi connectivity index (χ0v) is 17.2. The topological polar surface area (TPSA) is 84.7 Å². The first kappa shape index (κ1) is 22.9. The number of para-hydroxylation sites is 1. The van der Waals surface area contributed by atoms with Crippen molar-refractivity contribution in [2.75, 3.05) is 18.4 Å². The summed E-state index contributed by atoms with van der Waals surface area (Å²) in [5, 5.41) is 2.86. The first-order valence-corrected chi connectivity index (χ1v) is 10.0. The second-order valence-electron chi connectivity index (χ2n) is 7.03. The molecule has 0 radical (unpaired) electrons. The van der Waals surface area contributed by atoms with Crippen molar-refractivity contribution in [1.29, 1.82) is 0 Å². The van der Waals surface area contributed by atoms with Gasteiger partial charge in [-0.25, -0.2) is 0 Å². The Morgan fingerprint density at radius 1 is 1.16 bits per heavy atom. The minimum atomic E-state index is -4.84. The Labute approximate surface area is 182 Å². The van der Waals surface area contributed by atoms with Crippen molar-refractivity contribution in [3.05, 3.63) is 47.5 Å². The average molecular weight is 456 g/mol. The highest BCUT2D eigenvalue weighted by atomic mass is 35.5. The molecule has 6 nitrogen and oxygen atoms in total. The summed E-state index contributed by atoms with van der Waals surface area (Å²) in [6.45, 7) is 0.285. The number of carbonyl (C=O) groups is 2. The molecule has 0 aliphatic carbocycles. The monoisotopic (exact) mass is 455 g/mol. The fourth-order valence-corrected chi connectivity index (χ4v) is 3.84. The maximum absolute atomic E-state index is 12.7. The van der Waals surface area contributed by atoms with Crippen molar-refractivity contribution in [2.24, 2.45) is 5.73 Å². The lowest BCUT2D eigenvalue weighted by Crippen LogP contribution is -2.51. The predicted molar refractivity (Wildman–Crippen MR) is 111 cm³/mol. The lowest BCUT2D eigenvalue weighted by atomic mass is 10.0. The van der Waals surface area contributed by atoms with E-state index >= 15 is 0 Å². The normalized spacial score (nSPS) is 16.7. The van der Waals surface area contributed by atoms with Gasteiger partial charge in [-0.05, 0) is 37.5 Å². The number of nitrogens with one attached hydrogen (secondary N) is 1. The molecular weight excluding hydrogens is 435 g/mol. The van der Waals surface area contributed by atoms with Crippen LogP contribution in [-0.2, 0) is 9.59 Å². The largest absolute Gasteiger partial charge is 0.573 e. The molecule has 1 fully saturated rings. The molecule has 2 aromatic rings. The lowest BCUT2D eigenvalue weighted by molar-refractivity contribution is -0.274. The van der Waals surface area contributed by atoms with Crippen LogP contribution in [0.15, 0.2) is 42.5 Å². The number of alkyl halides is 3. The lowest BCUT2D eigenvalue weighted by Gasteiger charge is -2.34. The van der Waals surface area contributed by atoms with E-state index in [0.717, 1.165) is 12.8 Å². The second-order valence-corrected chi connectivity index (χ2v) is 7.44. The number of nitrogens with zero attached hydrogens (tertiary/aromatic N) is 1. The van der Waals surface area contributed by atoms with Crippen molar-refractivity contribution in [2.45, 2.75) is 31.7 Å². The molecule has 0 aromatic heterocycles. The van der Waals surface area contributed by atoms with Gasteiger partial charge < -0.3 is 20.7 Å². The minimum absolute atomic E-state index is 0.134. The third-order valence-electron chi connectivity index (χ3n) is 4.94. The summed E-state index contributed by atoms with van der Waals surface area (Å²) in [4.78, 5) is 26.2. The van der Waals surface area contributed by atoms with Crippen LogP contribution in [0.5, 0.6) is 5.75 Å². The van der Waals surface area contributed by atoms with E-state index in [1.807, 2.05) is 0 Å². The summed E-state index contributed by atoms with van der Waals surface area (Å²) in [7, 11) is 0. The summed E-state index contributed by atoms with van der Waals surface area (Å²) >= 11 is 6.31. The van der Waals surface area contributed by atoms with Crippen LogP contribution in [0.2, 0.25) is 5.02 Å². The Balaban J connectivity index is 1.80.